The minimum Gasteiger partial charge on any atom is -0.323 e. The molecule has 0 saturated heterocycles. The lowest BCUT2D eigenvalue weighted by Crippen LogP contribution is -2.22. The van der Waals surface area contributed by atoms with E-state index in [1.54, 1.807) is 31.2 Å². The zero-order valence-electron chi connectivity index (χ0n) is 10.8. The molecule has 0 radical (unpaired) electrons. The van der Waals surface area contributed by atoms with E-state index in [0.29, 0.717) is 5.02 Å². The van der Waals surface area contributed by atoms with Crippen molar-refractivity contribution in [2.24, 2.45) is 0 Å². The Morgan fingerprint density at radius 1 is 1.20 bits per heavy atom. The van der Waals surface area contributed by atoms with E-state index in [0.717, 1.165) is 4.90 Å². The molecule has 0 bridgehead atoms. The number of hydrogen-bond donors (Lipinski definition) is 1. The van der Waals surface area contributed by atoms with Crippen LogP contribution < -0.4 is 5.32 Å². The highest BCUT2D eigenvalue weighted by Gasteiger charge is 2.15. The SMILES string of the molecule is C[C@@H](Sc1ccc(Cl)cc1)C(=O)Nc1ccccc1F. The first-order valence-electron chi connectivity index (χ1n) is 6.04. The molecule has 0 saturated carbocycles. The third kappa shape index (κ3) is 3.99. The van der Waals surface area contributed by atoms with Crippen LogP contribution in [0.2, 0.25) is 5.02 Å². The van der Waals surface area contributed by atoms with Crippen LogP contribution in [-0.2, 0) is 4.79 Å². The molecule has 2 nitrogen and oxygen atoms in total. The molecule has 0 aliphatic rings. The quantitative estimate of drug-likeness (QED) is 0.836. The van der Waals surface area contributed by atoms with Crippen LogP contribution in [0.3, 0.4) is 0 Å². The van der Waals surface area contributed by atoms with Gasteiger partial charge in [0.15, 0.2) is 0 Å². The number of halogens is 2. The van der Waals surface area contributed by atoms with Crippen molar-refractivity contribution in [3.63, 3.8) is 0 Å². The highest BCUT2D eigenvalue weighted by Crippen LogP contribution is 2.25. The Bertz CT molecular complexity index is 603. The van der Waals surface area contributed by atoms with Gasteiger partial charge in [-0.1, -0.05) is 23.7 Å². The van der Waals surface area contributed by atoms with Gasteiger partial charge in [-0.15, -0.1) is 11.8 Å². The third-order valence-corrected chi connectivity index (χ3v) is 3.99. The van der Waals surface area contributed by atoms with Gasteiger partial charge in [-0.25, -0.2) is 4.39 Å². The minimum atomic E-state index is -0.440. The molecule has 0 aliphatic carbocycles. The van der Waals surface area contributed by atoms with Crippen LogP contribution >= 0.6 is 23.4 Å². The Morgan fingerprint density at radius 3 is 2.50 bits per heavy atom. The van der Waals surface area contributed by atoms with Crippen LogP contribution in [-0.4, -0.2) is 11.2 Å². The number of para-hydroxylation sites is 1. The van der Waals surface area contributed by atoms with Crippen LogP contribution in [0, 0.1) is 5.82 Å². The van der Waals surface area contributed by atoms with E-state index >= 15 is 0 Å². The second-order valence-corrected chi connectivity index (χ2v) is 6.03. The van der Waals surface area contributed by atoms with Crippen LogP contribution in [0.4, 0.5) is 10.1 Å². The van der Waals surface area contributed by atoms with Crippen molar-refractivity contribution in [1.29, 1.82) is 0 Å². The molecule has 0 heterocycles. The van der Waals surface area contributed by atoms with E-state index in [9.17, 15) is 9.18 Å². The number of carbonyl (C=O) groups excluding carboxylic acids is 1. The van der Waals surface area contributed by atoms with Gasteiger partial charge in [-0.05, 0) is 43.3 Å². The summed E-state index contributed by atoms with van der Waals surface area (Å²) in [6, 6.07) is 13.3. The first-order valence-corrected chi connectivity index (χ1v) is 7.29. The smallest absolute Gasteiger partial charge is 0.237 e. The van der Waals surface area contributed by atoms with Crippen LogP contribution in [0.25, 0.3) is 0 Å². The average Bonchev–Trinajstić information content (AvgIpc) is 2.44. The summed E-state index contributed by atoms with van der Waals surface area (Å²) < 4.78 is 13.4. The second kappa shape index (κ2) is 6.77. The van der Waals surface area contributed by atoms with E-state index in [1.807, 2.05) is 12.1 Å². The van der Waals surface area contributed by atoms with Gasteiger partial charge in [0.05, 0.1) is 10.9 Å². The maximum atomic E-state index is 13.4. The van der Waals surface area contributed by atoms with Gasteiger partial charge < -0.3 is 5.32 Å². The Kier molecular flexibility index (Phi) is 5.04. The van der Waals surface area contributed by atoms with Crippen molar-refractivity contribution < 1.29 is 9.18 Å². The number of hydrogen-bond acceptors (Lipinski definition) is 2. The van der Waals surface area contributed by atoms with Crippen molar-refractivity contribution in [2.75, 3.05) is 5.32 Å². The number of thioether (sulfide) groups is 1. The molecule has 20 heavy (non-hydrogen) atoms. The molecule has 0 unspecified atom stereocenters. The van der Waals surface area contributed by atoms with Crippen molar-refractivity contribution >= 4 is 35.0 Å². The summed E-state index contributed by atoms with van der Waals surface area (Å²) in [6.07, 6.45) is 0. The van der Waals surface area contributed by atoms with Crippen LogP contribution in [0.5, 0.6) is 0 Å². The van der Waals surface area contributed by atoms with Gasteiger partial charge >= 0.3 is 0 Å². The van der Waals surface area contributed by atoms with Crippen molar-refractivity contribution in [2.45, 2.75) is 17.1 Å². The normalized spacial score (nSPS) is 11.9. The predicted molar refractivity (Wildman–Crippen MR) is 81.8 cm³/mol. The zero-order valence-corrected chi connectivity index (χ0v) is 12.3. The maximum Gasteiger partial charge on any atom is 0.237 e. The van der Waals surface area contributed by atoms with Crippen molar-refractivity contribution in [1.82, 2.24) is 0 Å². The summed E-state index contributed by atoms with van der Waals surface area (Å²) in [6.45, 7) is 1.77. The Labute approximate surface area is 126 Å². The molecular weight excluding hydrogens is 297 g/mol. The number of carbonyl (C=O) groups is 1. The van der Waals surface area contributed by atoms with Gasteiger partial charge in [0.25, 0.3) is 0 Å². The van der Waals surface area contributed by atoms with Crippen LogP contribution in [0.1, 0.15) is 6.92 Å². The fraction of sp³-hybridized carbons (Fsp3) is 0.133. The van der Waals surface area contributed by atoms with Gasteiger partial charge in [0, 0.05) is 9.92 Å². The highest BCUT2D eigenvalue weighted by molar-refractivity contribution is 8.00. The molecule has 2 aromatic rings. The van der Waals surface area contributed by atoms with Gasteiger partial charge in [0.2, 0.25) is 5.91 Å². The van der Waals surface area contributed by atoms with E-state index < -0.39 is 5.82 Å². The summed E-state index contributed by atoms with van der Waals surface area (Å²) in [4.78, 5) is 12.9. The fourth-order valence-electron chi connectivity index (χ4n) is 1.57. The molecule has 2 aromatic carbocycles. The first kappa shape index (κ1) is 14.9. The summed E-state index contributed by atoms with van der Waals surface area (Å²) in [5.74, 6) is -0.681. The first-order chi connectivity index (χ1) is 9.56. The fourth-order valence-corrected chi connectivity index (χ4v) is 2.56. The van der Waals surface area contributed by atoms with Crippen molar-refractivity contribution in [3.8, 4) is 0 Å². The van der Waals surface area contributed by atoms with Gasteiger partial charge in [-0.3, -0.25) is 4.79 Å². The number of nitrogens with one attached hydrogen (secondary N) is 1. The topological polar surface area (TPSA) is 29.1 Å². The molecule has 0 fully saturated rings. The molecular formula is C15H13ClFNOS. The second-order valence-electron chi connectivity index (χ2n) is 4.18. The molecule has 1 amide bonds. The third-order valence-electron chi connectivity index (χ3n) is 2.63. The molecule has 5 heteroatoms. The van der Waals surface area contributed by atoms with E-state index in [4.69, 9.17) is 11.6 Å². The monoisotopic (exact) mass is 309 g/mol. The number of rotatable bonds is 4. The lowest BCUT2D eigenvalue weighted by Gasteiger charge is -2.12. The number of anilines is 1. The van der Waals surface area contributed by atoms with Gasteiger partial charge in [-0.2, -0.15) is 0 Å². The number of benzene rings is 2. The molecule has 2 rings (SSSR count). The summed E-state index contributed by atoms with van der Waals surface area (Å²) in [7, 11) is 0. The summed E-state index contributed by atoms with van der Waals surface area (Å²) >= 11 is 7.20. The van der Waals surface area contributed by atoms with Crippen molar-refractivity contribution in [3.05, 3.63) is 59.4 Å². The van der Waals surface area contributed by atoms with E-state index in [-0.39, 0.29) is 16.8 Å². The highest BCUT2D eigenvalue weighted by atomic mass is 35.5. The molecule has 104 valence electrons. The Balaban J connectivity index is 1.99. The minimum absolute atomic E-state index is 0.195. The number of amides is 1. The van der Waals surface area contributed by atoms with Gasteiger partial charge in [0.1, 0.15) is 5.82 Å². The molecule has 1 N–H and O–H groups in total. The average molecular weight is 310 g/mol. The Hall–Kier alpha value is -1.52. The Morgan fingerprint density at radius 2 is 1.85 bits per heavy atom. The lowest BCUT2D eigenvalue weighted by atomic mass is 10.3. The maximum absolute atomic E-state index is 13.4. The zero-order chi connectivity index (χ0) is 14.5. The van der Waals surface area contributed by atoms with Crippen LogP contribution in [0.15, 0.2) is 53.4 Å². The molecule has 0 aromatic heterocycles. The lowest BCUT2D eigenvalue weighted by molar-refractivity contribution is -0.115. The molecule has 0 aliphatic heterocycles. The van der Waals surface area contributed by atoms with E-state index in [2.05, 4.69) is 5.32 Å². The largest absolute Gasteiger partial charge is 0.323 e. The molecule has 1 atom stereocenters. The summed E-state index contributed by atoms with van der Waals surface area (Å²) in [5, 5.41) is 2.89. The standard InChI is InChI=1S/C15H13ClFNOS/c1-10(20-12-8-6-11(16)7-9-12)15(19)18-14-5-3-2-4-13(14)17/h2-10H,1H3,(H,18,19)/t10-/m1/s1. The van der Waals surface area contributed by atoms with E-state index in [1.165, 1.54) is 23.9 Å². The predicted octanol–water partition coefficient (Wildman–Crippen LogP) is 4.60. The summed E-state index contributed by atoms with van der Waals surface area (Å²) in [5.41, 5.74) is 0.195. The molecule has 0 spiro atoms.